The van der Waals surface area contributed by atoms with Crippen LogP contribution in [0.15, 0.2) is 0 Å². The summed E-state index contributed by atoms with van der Waals surface area (Å²) in [6.07, 6.45) is 4.38. The summed E-state index contributed by atoms with van der Waals surface area (Å²) < 4.78 is 0. The monoisotopic (exact) mass is 139 g/mol. The molecule has 3 saturated carbocycles. The summed E-state index contributed by atoms with van der Waals surface area (Å²) in [5, 5.41) is 3.07. The van der Waals surface area contributed by atoms with Crippen molar-refractivity contribution < 1.29 is 4.79 Å². The van der Waals surface area contributed by atoms with Gasteiger partial charge in [0.15, 0.2) is 0 Å². The van der Waals surface area contributed by atoms with Crippen molar-refractivity contribution in [2.75, 3.05) is 0 Å². The molecule has 2 bridgehead atoms. The van der Waals surface area contributed by atoms with E-state index >= 15 is 0 Å². The molecule has 0 atom stereocenters. The summed E-state index contributed by atoms with van der Waals surface area (Å²) in [6.45, 7) is 1.90. The summed E-state index contributed by atoms with van der Waals surface area (Å²) in [4.78, 5) is 10.9. The Morgan fingerprint density at radius 2 is 2.20 bits per heavy atom. The molecule has 0 aliphatic heterocycles. The minimum Gasteiger partial charge on any atom is -0.351 e. The molecule has 10 heavy (non-hydrogen) atoms. The van der Waals surface area contributed by atoms with Crippen molar-refractivity contribution in [3.63, 3.8) is 0 Å². The number of nitrogens with one attached hydrogen (secondary N) is 1. The lowest BCUT2D eigenvalue weighted by Gasteiger charge is -2.61. The van der Waals surface area contributed by atoms with Crippen LogP contribution in [-0.2, 0) is 4.79 Å². The molecule has 0 saturated heterocycles. The van der Waals surface area contributed by atoms with Gasteiger partial charge >= 0.3 is 0 Å². The van der Waals surface area contributed by atoms with E-state index in [0.717, 1.165) is 5.92 Å². The SMILES string of the molecule is CCC(=O)NC12CC(C1)C2. The molecule has 2 nitrogen and oxygen atoms in total. The van der Waals surface area contributed by atoms with Crippen LogP contribution in [0.5, 0.6) is 0 Å². The van der Waals surface area contributed by atoms with Crippen molar-refractivity contribution >= 4 is 5.91 Å². The Labute approximate surface area is 61.0 Å². The molecule has 0 spiro atoms. The Balaban J connectivity index is 1.84. The topological polar surface area (TPSA) is 29.1 Å². The molecule has 1 N–H and O–H groups in total. The van der Waals surface area contributed by atoms with Crippen LogP contribution in [0, 0.1) is 5.92 Å². The molecular weight excluding hydrogens is 126 g/mol. The second kappa shape index (κ2) is 1.74. The number of carbonyl (C=O) groups is 1. The zero-order chi connectivity index (χ0) is 7.19. The lowest BCUT2D eigenvalue weighted by atomic mass is 9.50. The molecule has 0 aromatic heterocycles. The van der Waals surface area contributed by atoms with Gasteiger partial charge in [-0.25, -0.2) is 0 Å². The van der Waals surface area contributed by atoms with E-state index in [1.807, 2.05) is 6.92 Å². The van der Waals surface area contributed by atoms with Gasteiger partial charge in [0.05, 0.1) is 0 Å². The second-order valence-corrected chi connectivity index (χ2v) is 3.66. The smallest absolute Gasteiger partial charge is 0.220 e. The summed E-state index contributed by atoms with van der Waals surface area (Å²) in [5.41, 5.74) is 0.289. The number of carbonyl (C=O) groups excluding carboxylic acids is 1. The standard InChI is InChI=1S/C8H13NO/c1-2-7(10)9-8-3-6(4-8)5-8/h6H,2-5H2,1H3,(H,9,10). The van der Waals surface area contributed by atoms with Crippen LogP contribution in [0.25, 0.3) is 0 Å². The fourth-order valence-corrected chi connectivity index (χ4v) is 2.02. The predicted molar refractivity (Wildman–Crippen MR) is 38.5 cm³/mol. The molecule has 0 aromatic carbocycles. The van der Waals surface area contributed by atoms with E-state index in [0.29, 0.717) is 6.42 Å². The maximum atomic E-state index is 10.9. The van der Waals surface area contributed by atoms with E-state index in [1.165, 1.54) is 19.3 Å². The summed E-state index contributed by atoms with van der Waals surface area (Å²) in [5.74, 6) is 1.18. The van der Waals surface area contributed by atoms with Gasteiger partial charge in [-0.2, -0.15) is 0 Å². The number of amides is 1. The van der Waals surface area contributed by atoms with Gasteiger partial charge < -0.3 is 5.32 Å². The van der Waals surface area contributed by atoms with Gasteiger partial charge in [0.25, 0.3) is 0 Å². The van der Waals surface area contributed by atoms with Crippen molar-refractivity contribution in [3.8, 4) is 0 Å². The van der Waals surface area contributed by atoms with Gasteiger partial charge in [0.2, 0.25) is 5.91 Å². The van der Waals surface area contributed by atoms with Gasteiger partial charge in [-0.05, 0) is 25.2 Å². The summed E-state index contributed by atoms with van der Waals surface area (Å²) >= 11 is 0. The van der Waals surface area contributed by atoms with E-state index < -0.39 is 0 Å². The minimum atomic E-state index is 0.221. The Bertz CT molecular complexity index is 159. The fraction of sp³-hybridized carbons (Fsp3) is 0.875. The second-order valence-electron chi connectivity index (χ2n) is 3.66. The van der Waals surface area contributed by atoms with Crippen LogP contribution < -0.4 is 5.32 Å². The van der Waals surface area contributed by atoms with Gasteiger partial charge in [-0.3, -0.25) is 4.79 Å². The summed E-state index contributed by atoms with van der Waals surface area (Å²) in [7, 11) is 0. The quantitative estimate of drug-likeness (QED) is 0.609. The Morgan fingerprint density at radius 1 is 1.60 bits per heavy atom. The van der Waals surface area contributed by atoms with Crippen LogP contribution in [0.4, 0.5) is 0 Å². The van der Waals surface area contributed by atoms with Crippen molar-refractivity contribution in [1.82, 2.24) is 5.32 Å². The first kappa shape index (κ1) is 6.20. The highest BCUT2D eigenvalue weighted by atomic mass is 16.1. The van der Waals surface area contributed by atoms with Crippen LogP contribution in [0.2, 0.25) is 0 Å². The number of hydrogen-bond acceptors (Lipinski definition) is 1. The van der Waals surface area contributed by atoms with Crippen molar-refractivity contribution in [2.24, 2.45) is 5.92 Å². The molecule has 3 aliphatic carbocycles. The molecule has 0 unspecified atom stereocenters. The van der Waals surface area contributed by atoms with Gasteiger partial charge in [0, 0.05) is 12.0 Å². The largest absolute Gasteiger partial charge is 0.351 e. The summed E-state index contributed by atoms with van der Waals surface area (Å²) in [6, 6.07) is 0. The highest BCUT2D eigenvalue weighted by Crippen LogP contribution is 2.56. The molecule has 0 radical (unpaired) electrons. The third-order valence-electron chi connectivity index (χ3n) is 2.76. The van der Waals surface area contributed by atoms with Crippen LogP contribution >= 0.6 is 0 Å². The third kappa shape index (κ3) is 0.678. The molecular formula is C8H13NO. The lowest BCUT2D eigenvalue weighted by molar-refractivity contribution is -0.132. The van der Waals surface area contributed by atoms with E-state index in [4.69, 9.17) is 0 Å². The number of rotatable bonds is 2. The average Bonchev–Trinajstić information content (AvgIpc) is 1.75. The van der Waals surface area contributed by atoms with E-state index in [9.17, 15) is 4.79 Å². The molecule has 0 heterocycles. The molecule has 2 heteroatoms. The Morgan fingerprint density at radius 3 is 2.50 bits per heavy atom. The zero-order valence-corrected chi connectivity index (χ0v) is 6.31. The van der Waals surface area contributed by atoms with Gasteiger partial charge in [0.1, 0.15) is 0 Å². The average molecular weight is 139 g/mol. The number of hydrogen-bond donors (Lipinski definition) is 1. The van der Waals surface area contributed by atoms with E-state index in [2.05, 4.69) is 5.32 Å². The molecule has 3 fully saturated rings. The molecule has 0 aromatic rings. The van der Waals surface area contributed by atoms with E-state index in [1.54, 1.807) is 0 Å². The van der Waals surface area contributed by atoms with Crippen LogP contribution in [-0.4, -0.2) is 11.4 Å². The van der Waals surface area contributed by atoms with Crippen molar-refractivity contribution in [3.05, 3.63) is 0 Å². The predicted octanol–water partition coefficient (Wildman–Crippen LogP) is 1.07. The maximum Gasteiger partial charge on any atom is 0.220 e. The zero-order valence-electron chi connectivity index (χ0n) is 6.31. The van der Waals surface area contributed by atoms with Crippen molar-refractivity contribution in [1.29, 1.82) is 0 Å². The maximum absolute atomic E-state index is 10.9. The van der Waals surface area contributed by atoms with Crippen molar-refractivity contribution in [2.45, 2.75) is 38.1 Å². The molecule has 56 valence electrons. The lowest BCUT2D eigenvalue weighted by Crippen LogP contribution is -2.68. The molecule has 3 aliphatic rings. The Kier molecular flexibility index (Phi) is 1.08. The first-order valence-corrected chi connectivity index (χ1v) is 4.05. The highest BCUT2D eigenvalue weighted by molar-refractivity contribution is 5.77. The van der Waals surface area contributed by atoms with Gasteiger partial charge in [-0.1, -0.05) is 6.92 Å². The minimum absolute atomic E-state index is 0.221. The molecule has 1 amide bonds. The fourth-order valence-electron chi connectivity index (χ4n) is 2.02. The first-order chi connectivity index (χ1) is 4.74. The third-order valence-corrected chi connectivity index (χ3v) is 2.76. The van der Waals surface area contributed by atoms with Crippen LogP contribution in [0.1, 0.15) is 32.6 Å². The van der Waals surface area contributed by atoms with E-state index in [-0.39, 0.29) is 11.4 Å². The van der Waals surface area contributed by atoms with Gasteiger partial charge in [-0.15, -0.1) is 0 Å². The first-order valence-electron chi connectivity index (χ1n) is 4.05. The highest BCUT2D eigenvalue weighted by Gasteiger charge is 2.57. The normalized spacial score (nSPS) is 41.5. The Hall–Kier alpha value is -0.530. The molecule has 3 rings (SSSR count). The van der Waals surface area contributed by atoms with Crippen LogP contribution in [0.3, 0.4) is 0 Å².